The number of unbranched alkanes of at least 4 members (excludes halogenated alkanes) is 13. The van der Waals surface area contributed by atoms with Gasteiger partial charge in [-0.25, -0.2) is 0 Å². The van der Waals surface area contributed by atoms with Gasteiger partial charge in [0, 0.05) is 26.3 Å². The Balaban J connectivity index is 2.95. The highest BCUT2D eigenvalue weighted by atomic mass is 32.2. The van der Waals surface area contributed by atoms with Gasteiger partial charge in [-0.05, 0) is 81.7 Å². The fourth-order valence-electron chi connectivity index (χ4n) is 6.86. The zero-order chi connectivity index (χ0) is 46.1. The predicted octanol–water partition coefficient (Wildman–Crippen LogP) is 3.75. The molecule has 0 saturated heterocycles. The van der Waals surface area contributed by atoms with Crippen molar-refractivity contribution in [1.82, 2.24) is 31.9 Å². The number of nitrogens with two attached hydrogens (primary N) is 2. The summed E-state index contributed by atoms with van der Waals surface area (Å²) < 4.78 is 0. The lowest BCUT2D eigenvalue weighted by molar-refractivity contribution is -0.135. The first-order valence-electron chi connectivity index (χ1n) is 22.7. The third kappa shape index (κ3) is 25.5. The summed E-state index contributed by atoms with van der Waals surface area (Å²) >= 11 is 1.52. The van der Waals surface area contributed by atoms with Gasteiger partial charge in [-0.15, -0.1) is 0 Å². The Labute approximate surface area is 374 Å². The Hall–Kier alpha value is -4.38. The number of amides is 7. The molecular formula is C45H78N8O8S. The Kier molecular flexibility index (Phi) is 30.6. The number of hydrogen-bond donors (Lipinski definition) is 9. The van der Waals surface area contributed by atoms with Crippen LogP contribution >= 0.6 is 11.8 Å². The van der Waals surface area contributed by atoms with Crippen LogP contribution in [0.2, 0.25) is 0 Å². The maximum Gasteiger partial charge on any atom is 0.243 e. The Morgan fingerprint density at radius 2 is 1.10 bits per heavy atom. The van der Waals surface area contributed by atoms with Gasteiger partial charge in [0.05, 0.1) is 0 Å². The van der Waals surface area contributed by atoms with Gasteiger partial charge in [0.2, 0.25) is 41.4 Å². The summed E-state index contributed by atoms with van der Waals surface area (Å²) in [6.45, 7) is 4.09. The SMILES string of the molecule is CCCCCCCCCCCCCCCC(=O)N[C@@H](CCSC)C(=O)N[C@@H](C)C(=O)N[C@@H](Cc1ccc(O)cc1)C(=O)N[C@@H](CCC(N)=O)C(=O)N[C@@H](CCCCN)C(=O)NC. The van der Waals surface area contributed by atoms with E-state index in [1.54, 1.807) is 12.1 Å². The number of likely N-dealkylation sites (N-methyl/N-ethyl adjacent to an activating group) is 1. The lowest BCUT2D eigenvalue weighted by Crippen LogP contribution is -2.59. The molecule has 1 aromatic rings. The minimum atomic E-state index is -1.31. The fourth-order valence-corrected chi connectivity index (χ4v) is 7.33. The second kappa shape index (κ2) is 34.1. The molecule has 17 heteroatoms. The van der Waals surface area contributed by atoms with E-state index >= 15 is 0 Å². The normalized spacial score (nSPS) is 13.4. The number of thioether (sulfide) groups is 1. The second-order valence-corrected chi connectivity index (χ2v) is 17.1. The lowest BCUT2D eigenvalue weighted by Gasteiger charge is -2.26. The van der Waals surface area contributed by atoms with Crippen LogP contribution in [0.25, 0.3) is 0 Å². The van der Waals surface area contributed by atoms with E-state index in [4.69, 9.17) is 11.5 Å². The fraction of sp³-hybridized carbons (Fsp3) is 0.711. The van der Waals surface area contributed by atoms with E-state index in [9.17, 15) is 38.7 Å². The summed E-state index contributed by atoms with van der Waals surface area (Å²) in [6.07, 6.45) is 19.0. The van der Waals surface area contributed by atoms with Crippen LogP contribution in [0.1, 0.15) is 148 Å². The topological polar surface area (TPSA) is 264 Å². The largest absolute Gasteiger partial charge is 0.508 e. The Morgan fingerprint density at radius 3 is 1.63 bits per heavy atom. The minimum absolute atomic E-state index is 0.0112. The summed E-state index contributed by atoms with van der Waals surface area (Å²) in [6, 6.07) is 0.424. The molecule has 7 amide bonds. The highest BCUT2D eigenvalue weighted by molar-refractivity contribution is 7.98. The van der Waals surface area contributed by atoms with Gasteiger partial charge < -0.3 is 48.5 Å². The van der Waals surface area contributed by atoms with E-state index in [1.165, 1.54) is 95.7 Å². The van der Waals surface area contributed by atoms with E-state index < -0.39 is 65.7 Å². The van der Waals surface area contributed by atoms with Crippen molar-refractivity contribution in [2.24, 2.45) is 11.5 Å². The maximum atomic E-state index is 13.9. The van der Waals surface area contributed by atoms with Gasteiger partial charge in [-0.3, -0.25) is 33.6 Å². The number of aromatic hydroxyl groups is 1. The molecule has 0 aromatic heterocycles. The van der Waals surface area contributed by atoms with Gasteiger partial charge in [0.15, 0.2) is 0 Å². The van der Waals surface area contributed by atoms with E-state index in [0.29, 0.717) is 43.5 Å². The predicted molar refractivity (Wildman–Crippen MR) is 246 cm³/mol. The van der Waals surface area contributed by atoms with E-state index in [1.807, 2.05) is 6.26 Å². The molecule has 1 rings (SSSR count). The summed E-state index contributed by atoms with van der Waals surface area (Å²) in [7, 11) is 1.43. The quantitative estimate of drug-likeness (QED) is 0.0441. The molecule has 0 unspecified atom stereocenters. The van der Waals surface area contributed by atoms with Gasteiger partial charge >= 0.3 is 0 Å². The number of phenols is 1. The highest BCUT2D eigenvalue weighted by Crippen LogP contribution is 2.15. The van der Waals surface area contributed by atoms with Gasteiger partial charge in [-0.2, -0.15) is 11.8 Å². The molecule has 62 heavy (non-hydrogen) atoms. The van der Waals surface area contributed by atoms with Crippen molar-refractivity contribution in [3.05, 3.63) is 29.8 Å². The van der Waals surface area contributed by atoms with Crippen molar-refractivity contribution in [3.8, 4) is 5.75 Å². The molecule has 0 bridgehead atoms. The number of carbonyl (C=O) groups is 7. The maximum absolute atomic E-state index is 13.9. The lowest BCUT2D eigenvalue weighted by atomic mass is 10.0. The molecule has 0 saturated carbocycles. The number of phenolic OH excluding ortho intramolecular Hbond substituents is 1. The molecule has 0 heterocycles. The van der Waals surface area contributed by atoms with Crippen LogP contribution in [0.3, 0.4) is 0 Å². The molecule has 5 atom stereocenters. The summed E-state index contributed by atoms with van der Waals surface area (Å²) in [5.74, 6) is -3.59. The number of hydrogen-bond acceptors (Lipinski definition) is 10. The zero-order valence-corrected chi connectivity index (χ0v) is 38.6. The monoisotopic (exact) mass is 891 g/mol. The molecule has 0 spiro atoms. The molecule has 0 fully saturated rings. The number of carbonyl (C=O) groups excluding carboxylic acids is 7. The van der Waals surface area contributed by atoms with Crippen LogP contribution in [0.15, 0.2) is 24.3 Å². The van der Waals surface area contributed by atoms with Crippen LogP contribution in [0.5, 0.6) is 5.75 Å². The van der Waals surface area contributed by atoms with Crippen molar-refractivity contribution in [1.29, 1.82) is 0 Å². The van der Waals surface area contributed by atoms with Gasteiger partial charge in [-0.1, -0.05) is 96.1 Å². The molecule has 0 aliphatic heterocycles. The number of nitrogens with one attached hydrogen (secondary N) is 6. The smallest absolute Gasteiger partial charge is 0.243 e. The molecule has 1 aromatic carbocycles. The van der Waals surface area contributed by atoms with E-state index in [2.05, 4.69) is 38.8 Å². The molecule has 11 N–H and O–H groups in total. The second-order valence-electron chi connectivity index (χ2n) is 16.1. The summed E-state index contributed by atoms with van der Waals surface area (Å²) in [5.41, 5.74) is 11.5. The number of primary amides is 1. The summed E-state index contributed by atoms with van der Waals surface area (Å²) in [4.78, 5) is 91.8. The number of rotatable bonds is 36. The molecule has 0 radical (unpaired) electrons. The third-order valence-electron chi connectivity index (χ3n) is 10.7. The van der Waals surface area contributed by atoms with Crippen LogP contribution in [0, 0.1) is 0 Å². The molecular weight excluding hydrogens is 813 g/mol. The Bertz CT molecular complexity index is 1480. The van der Waals surface area contributed by atoms with Crippen molar-refractivity contribution in [2.75, 3.05) is 25.6 Å². The van der Waals surface area contributed by atoms with Gasteiger partial charge in [0.25, 0.3) is 0 Å². The van der Waals surface area contributed by atoms with Crippen LogP contribution in [0.4, 0.5) is 0 Å². The highest BCUT2D eigenvalue weighted by Gasteiger charge is 2.31. The first-order chi connectivity index (χ1) is 29.8. The molecule has 16 nitrogen and oxygen atoms in total. The van der Waals surface area contributed by atoms with Crippen molar-refractivity contribution >= 4 is 53.1 Å². The third-order valence-corrected chi connectivity index (χ3v) is 11.3. The Morgan fingerprint density at radius 1 is 0.597 bits per heavy atom. The molecule has 352 valence electrons. The number of benzene rings is 1. The standard InChI is InChI=1S/C45H78N8O8S/c1-5-6-7-8-9-10-11-12-13-14-15-16-17-21-40(56)50-37(28-30-62-4)43(59)49-32(2)41(57)53-38(31-33-22-24-34(54)25-23-33)45(61)52-36(26-27-39(47)55)44(60)51-35(42(58)48-3)20-18-19-29-46/h22-25,32,35-38,54H,5-21,26-31,46H2,1-4H3,(H2,47,55)(H,48,58)(H,49,59)(H,50,56)(H,51,60)(H,52,61)(H,53,57)/t32-,35-,36-,37-,38-/m0/s1. The summed E-state index contributed by atoms with van der Waals surface area (Å²) in [5, 5.41) is 25.8. The van der Waals surface area contributed by atoms with Crippen LogP contribution in [-0.4, -0.2) is 102 Å². The molecule has 0 aliphatic rings. The first-order valence-corrected chi connectivity index (χ1v) is 24.1. The van der Waals surface area contributed by atoms with Gasteiger partial charge in [0.1, 0.15) is 36.0 Å². The zero-order valence-electron chi connectivity index (χ0n) is 37.8. The van der Waals surface area contributed by atoms with E-state index in [-0.39, 0.29) is 37.3 Å². The van der Waals surface area contributed by atoms with Crippen LogP contribution < -0.4 is 43.4 Å². The average molecular weight is 891 g/mol. The minimum Gasteiger partial charge on any atom is -0.508 e. The first kappa shape index (κ1) is 55.6. The molecule has 0 aliphatic carbocycles. The van der Waals surface area contributed by atoms with Crippen molar-refractivity contribution in [2.45, 2.75) is 179 Å². The average Bonchev–Trinajstić information content (AvgIpc) is 3.24. The van der Waals surface area contributed by atoms with Crippen molar-refractivity contribution < 1.29 is 38.7 Å². The van der Waals surface area contributed by atoms with Crippen LogP contribution in [-0.2, 0) is 40.0 Å². The van der Waals surface area contributed by atoms with Crippen molar-refractivity contribution in [3.63, 3.8) is 0 Å². The van der Waals surface area contributed by atoms with E-state index in [0.717, 1.165) is 25.7 Å².